The van der Waals surface area contributed by atoms with Crippen LogP contribution in [0.3, 0.4) is 0 Å². The summed E-state index contributed by atoms with van der Waals surface area (Å²) in [5.41, 5.74) is 3.78. The van der Waals surface area contributed by atoms with Crippen molar-refractivity contribution >= 4 is 17.5 Å². The van der Waals surface area contributed by atoms with E-state index in [1.165, 1.54) is 0 Å². The van der Waals surface area contributed by atoms with Crippen molar-refractivity contribution in [2.45, 2.75) is 18.9 Å². The fourth-order valence-electron chi connectivity index (χ4n) is 4.97. The molecule has 2 aromatic carbocycles. The highest BCUT2D eigenvalue weighted by Crippen LogP contribution is 2.40. The molecule has 0 spiro atoms. The number of carbonyl (C=O) groups is 1. The number of halogens is 1. The average molecular weight is 435 g/mol. The summed E-state index contributed by atoms with van der Waals surface area (Å²) in [5.74, 6) is 1.14. The number of amides is 1. The average Bonchev–Trinajstić information content (AvgIpc) is 2.80. The van der Waals surface area contributed by atoms with Gasteiger partial charge in [-0.2, -0.15) is 0 Å². The Morgan fingerprint density at radius 1 is 0.968 bits per heavy atom. The number of methoxy groups -OCH3 is 1. The van der Waals surface area contributed by atoms with E-state index in [-0.39, 0.29) is 23.3 Å². The maximum atomic E-state index is 13.2. The number of nitrogens with zero attached hydrogens (tertiary/aromatic N) is 2. The van der Waals surface area contributed by atoms with Crippen molar-refractivity contribution in [3.05, 3.63) is 87.3 Å². The van der Waals surface area contributed by atoms with Gasteiger partial charge in [-0.15, -0.1) is 0 Å². The monoisotopic (exact) mass is 434 g/mol. The van der Waals surface area contributed by atoms with Crippen molar-refractivity contribution in [3.63, 3.8) is 0 Å². The van der Waals surface area contributed by atoms with Gasteiger partial charge < -0.3 is 14.2 Å². The number of hydrogen-bond donors (Lipinski definition) is 0. The molecule has 158 valence electrons. The molecule has 0 N–H and O–H groups in total. The number of ether oxygens (including phenoxy) is 1. The highest BCUT2D eigenvalue weighted by molar-refractivity contribution is 6.30. The van der Waals surface area contributed by atoms with Crippen LogP contribution in [0.4, 0.5) is 0 Å². The number of likely N-dealkylation sites (tertiary alicyclic amines) is 1. The molecule has 0 unspecified atom stereocenters. The Labute approximate surface area is 185 Å². The van der Waals surface area contributed by atoms with Gasteiger partial charge in [0.25, 0.3) is 11.5 Å². The molecule has 0 aliphatic carbocycles. The number of carbonyl (C=O) groups excluding carboxylic acids is 1. The zero-order valence-electron chi connectivity index (χ0n) is 17.3. The predicted octanol–water partition coefficient (Wildman–Crippen LogP) is 4.44. The van der Waals surface area contributed by atoms with Gasteiger partial charge in [0, 0.05) is 53.5 Å². The van der Waals surface area contributed by atoms with Gasteiger partial charge in [0.2, 0.25) is 0 Å². The molecule has 2 atom stereocenters. The Morgan fingerprint density at radius 3 is 2.42 bits per heavy atom. The van der Waals surface area contributed by atoms with Crippen LogP contribution in [-0.4, -0.2) is 35.6 Å². The molecule has 0 radical (unpaired) electrons. The van der Waals surface area contributed by atoms with Crippen LogP contribution in [0.15, 0.2) is 65.5 Å². The van der Waals surface area contributed by atoms with E-state index in [9.17, 15) is 9.59 Å². The first-order valence-corrected chi connectivity index (χ1v) is 10.8. The number of hydrogen-bond acceptors (Lipinski definition) is 3. The minimum Gasteiger partial charge on any atom is -0.497 e. The summed E-state index contributed by atoms with van der Waals surface area (Å²) >= 11 is 6.08. The number of fused-ring (bicyclic) bond motifs is 4. The predicted molar refractivity (Wildman–Crippen MR) is 121 cm³/mol. The van der Waals surface area contributed by atoms with E-state index in [0.717, 1.165) is 29.0 Å². The smallest absolute Gasteiger partial charge is 0.253 e. The fourth-order valence-corrected chi connectivity index (χ4v) is 5.10. The van der Waals surface area contributed by atoms with E-state index < -0.39 is 0 Å². The summed E-state index contributed by atoms with van der Waals surface area (Å²) in [6.45, 7) is 1.91. The van der Waals surface area contributed by atoms with Crippen LogP contribution in [-0.2, 0) is 6.54 Å². The third-order valence-corrected chi connectivity index (χ3v) is 6.62. The van der Waals surface area contributed by atoms with E-state index >= 15 is 0 Å². The Morgan fingerprint density at radius 2 is 1.71 bits per heavy atom. The molecular weight excluding hydrogens is 412 g/mol. The molecular formula is C25H23ClN2O3. The summed E-state index contributed by atoms with van der Waals surface area (Å²) in [5, 5.41) is 0.680. The summed E-state index contributed by atoms with van der Waals surface area (Å²) in [4.78, 5) is 27.8. The second kappa shape index (κ2) is 7.89. The lowest BCUT2D eigenvalue weighted by molar-refractivity contribution is 0.0595. The number of rotatable bonds is 3. The summed E-state index contributed by atoms with van der Waals surface area (Å²) < 4.78 is 7.12. The van der Waals surface area contributed by atoms with Crippen LogP contribution in [0.1, 0.15) is 28.4 Å². The van der Waals surface area contributed by atoms with E-state index in [2.05, 4.69) is 0 Å². The van der Waals surface area contributed by atoms with Gasteiger partial charge in [-0.3, -0.25) is 9.59 Å². The van der Waals surface area contributed by atoms with E-state index in [4.69, 9.17) is 16.3 Å². The van der Waals surface area contributed by atoms with Gasteiger partial charge >= 0.3 is 0 Å². The largest absolute Gasteiger partial charge is 0.497 e. The molecule has 1 saturated heterocycles. The van der Waals surface area contributed by atoms with Crippen molar-refractivity contribution in [2.24, 2.45) is 5.92 Å². The summed E-state index contributed by atoms with van der Waals surface area (Å²) in [6, 6.07) is 18.5. The van der Waals surface area contributed by atoms with Crippen molar-refractivity contribution in [1.82, 2.24) is 9.47 Å². The maximum absolute atomic E-state index is 13.2. The van der Waals surface area contributed by atoms with E-state index in [1.54, 1.807) is 13.2 Å². The van der Waals surface area contributed by atoms with Gasteiger partial charge in [-0.1, -0.05) is 23.7 Å². The van der Waals surface area contributed by atoms with Crippen molar-refractivity contribution in [3.8, 4) is 16.9 Å². The third kappa shape index (κ3) is 3.63. The van der Waals surface area contributed by atoms with E-state index in [0.29, 0.717) is 30.2 Å². The van der Waals surface area contributed by atoms with Crippen LogP contribution in [0, 0.1) is 5.92 Å². The molecule has 1 fully saturated rings. The molecule has 2 bridgehead atoms. The van der Waals surface area contributed by atoms with Crippen LogP contribution in [0.25, 0.3) is 11.1 Å². The lowest BCUT2D eigenvalue weighted by atomic mass is 9.80. The zero-order valence-corrected chi connectivity index (χ0v) is 18.0. The number of pyridine rings is 1. The first-order valence-electron chi connectivity index (χ1n) is 10.5. The molecule has 5 rings (SSSR count). The Bertz CT molecular complexity index is 1180. The molecule has 2 aliphatic heterocycles. The molecule has 6 heteroatoms. The SMILES string of the molecule is COc1ccc(C(=O)N2C[C@H]3C[C@H](C2)c2c(-c4ccc(Cl)cc4)ccc(=O)n2C3)cc1. The Hall–Kier alpha value is -3.05. The van der Waals surface area contributed by atoms with Gasteiger partial charge in [-0.05, 0) is 60.4 Å². The van der Waals surface area contributed by atoms with Crippen LogP contribution in [0.5, 0.6) is 5.75 Å². The summed E-state index contributed by atoms with van der Waals surface area (Å²) in [6.07, 6.45) is 0.983. The van der Waals surface area contributed by atoms with Gasteiger partial charge in [0.05, 0.1) is 7.11 Å². The van der Waals surface area contributed by atoms with Crippen molar-refractivity contribution < 1.29 is 9.53 Å². The highest BCUT2D eigenvalue weighted by atomic mass is 35.5. The molecule has 3 heterocycles. The third-order valence-electron chi connectivity index (χ3n) is 6.37. The molecule has 0 saturated carbocycles. The minimum atomic E-state index is 0.0251. The standard InChI is InChI=1S/C25H23ClN2O3/c1-31-21-8-4-18(5-9-21)25(30)27-13-16-12-19(15-27)24-22(10-11-23(29)28(24)14-16)17-2-6-20(26)7-3-17/h2-11,16,19H,12-15H2,1H3/t16-,19-/m1/s1. The molecule has 1 aromatic heterocycles. The Balaban J connectivity index is 1.50. The molecule has 5 nitrogen and oxygen atoms in total. The lowest BCUT2D eigenvalue weighted by Crippen LogP contribution is -2.49. The zero-order chi connectivity index (χ0) is 21.5. The van der Waals surface area contributed by atoms with Crippen LogP contribution in [0.2, 0.25) is 5.02 Å². The topological polar surface area (TPSA) is 51.5 Å². The number of benzene rings is 2. The minimum absolute atomic E-state index is 0.0251. The second-order valence-corrected chi connectivity index (χ2v) is 8.76. The second-order valence-electron chi connectivity index (χ2n) is 8.33. The van der Waals surface area contributed by atoms with Gasteiger partial charge in [0.15, 0.2) is 0 Å². The fraction of sp³-hybridized carbons (Fsp3) is 0.280. The van der Waals surface area contributed by atoms with Crippen LogP contribution >= 0.6 is 11.6 Å². The molecule has 1 amide bonds. The summed E-state index contributed by atoms with van der Waals surface area (Å²) in [7, 11) is 1.61. The van der Waals surface area contributed by atoms with E-state index in [1.807, 2.05) is 64.1 Å². The first-order chi connectivity index (χ1) is 15.0. The maximum Gasteiger partial charge on any atom is 0.253 e. The highest BCUT2D eigenvalue weighted by Gasteiger charge is 2.38. The molecule has 3 aromatic rings. The van der Waals surface area contributed by atoms with Crippen molar-refractivity contribution in [2.75, 3.05) is 20.2 Å². The lowest BCUT2D eigenvalue weighted by Gasteiger charge is -2.43. The van der Waals surface area contributed by atoms with Crippen LogP contribution < -0.4 is 10.3 Å². The number of piperidine rings is 1. The molecule has 2 aliphatic rings. The van der Waals surface area contributed by atoms with Crippen molar-refractivity contribution in [1.29, 1.82) is 0 Å². The Kier molecular flexibility index (Phi) is 5.06. The quantitative estimate of drug-likeness (QED) is 0.612. The normalized spacial score (nSPS) is 19.6. The van der Waals surface area contributed by atoms with Gasteiger partial charge in [0.1, 0.15) is 5.75 Å². The van der Waals surface area contributed by atoms with Gasteiger partial charge in [-0.25, -0.2) is 0 Å². The number of aromatic nitrogens is 1. The molecule has 31 heavy (non-hydrogen) atoms. The first kappa shape index (κ1) is 19.9.